The van der Waals surface area contributed by atoms with E-state index in [1.807, 2.05) is 43.4 Å². The fraction of sp³-hybridized carbons (Fsp3) is 0.400. The number of hydroxylamine groups is 1. The average molecular weight is 519 g/mol. The second-order valence-electron chi connectivity index (χ2n) is 7.35. The van der Waals surface area contributed by atoms with Gasteiger partial charge in [0.1, 0.15) is 5.82 Å². The van der Waals surface area contributed by atoms with Gasteiger partial charge in [-0.25, -0.2) is 9.87 Å². The second-order valence-corrected chi connectivity index (χ2v) is 9.70. The highest BCUT2D eigenvalue weighted by Gasteiger charge is 2.30. The first kappa shape index (κ1) is 22.9. The monoisotopic (exact) mass is 519 g/mol. The van der Waals surface area contributed by atoms with Gasteiger partial charge in [-0.2, -0.15) is 0 Å². The van der Waals surface area contributed by atoms with Crippen LogP contribution in [0, 0.1) is 21.7 Å². The van der Waals surface area contributed by atoms with E-state index in [0.29, 0.717) is 26.4 Å². The molecule has 0 spiro atoms. The summed E-state index contributed by atoms with van der Waals surface area (Å²) in [4.78, 5) is 31.5. The lowest BCUT2D eigenvalue weighted by Crippen LogP contribution is -2.26. The molecule has 0 atom stereocenters. The number of ketones is 1. The smallest absolute Gasteiger partial charge is 0.276 e. The summed E-state index contributed by atoms with van der Waals surface area (Å²) in [7, 11) is 0. The van der Waals surface area contributed by atoms with Crippen LogP contribution in [-0.4, -0.2) is 30.0 Å². The van der Waals surface area contributed by atoms with E-state index in [-0.39, 0.29) is 31.2 Å². The van der Waals surface area contributed by atoms with Crippen molar-refractivity contribution in [2.24, 2.45) is 5.41 Å². The molecule has 5 nitrogen and oxygen atoms in total. The molecule has 1 aromatic heterocycles. The molecular formula is C20H23FINO4S. The summed E-state index contributed by atoms with van der Waals surface area (Å²) in [6.07, 6.45) is 0.189. The fourth-order valence-corrected chi connectivity index (χ4v) is 4.53. The van der Waals surface area contributed by atoms with Crippen LogP contribution in [0.1, 0.15) is 56.8 Å². The molecule has 28 heavy (non-hydrogen) atoms. The van der Waals surface area contributed by atoms with Crippen LogP contribution in [-0.2, 0) is 11.3 Å². The van der Waals surface area contributed by atoms with Crippen LogP contribution in [0.25, 0.3) is 0 Å². The largest absolute Gasteiger partial charge is 0.394 e. The van der Waals surface area contributed by atoms with E-state index in [4.69, 9.17) is 9.94 Å². The third kappa shape index (κ3) is 5.37. The number of nitrogens with one attached hydrogen (secondary N) is 1. The predicted molar refractivity (Wildman–Crippen MR) is 115 cm³/mol. The number of benzene rings is 1. The van der Waals surface area contributed by atoms with Crippen LogP contribution in [0.4, 0.5) is 4.39 Å². The van der Waals surface area contributed by atoms with Gasteiger partial charge in [0, 0.05) is 20.3 Å². The minimum Gasteiger partial charge on any atom is -0.394 e. The van der Waals surface area contributed by atoms with Crippen molar-refractivity contribution in [3.8, 4) is 0 Å². The van der Waals surface area contributed by atoms with Gasteiger partial charge in [0.25, 0.3) is 5.91 Å². The van der Waals surface area contributed by atoms with Gasteiger partial charge >= 0.3 is 0 Å². The van der Waals surface area contributed by atoms with Crippen LogP contribution in [0.2, 0.25) is 0 Å². The Hall–Kier alpha value is -1.36. The maximum absolute atomic E-state index is 14.4. The highest BCUT2D eigenvalue weighted by Crippen LogP contribution is 2.35. The lowest BCUT2D eigenvalue weighted by molar-refractivity contribution is 0.0167. The van der Waals surface area contributed by atoms with Gasteiger partial charge in [-0.05, 0) is 52.8 Å². The van der Waals surface area contributed by atoms with Gasteiger partial charge in [0.2, 0.25) is 0 Å². The standard InChI is InChI=1S/C20H23FINO4S/c1-11-16(19(26)23-27-8-7-24)15(28-17(11)18(25)20(2,3)4)9-12-5-6-13(22)10-14(12)21/h5-6,10,24H,7-9H2,1-4H3,(H,23,26). The minimum atomic E-state index is -0.609. The van der Waals surface area contributed by atoms with Crippen LogP contribution in [0.15, 0.2) is 18.2 Å². The number of hydrogen-bond acceptors (Lipinski definition) is 5. The van der Waals surface area contributed by atoms with E-state index >= 15 is 0 Å². The quantitative estimate of drug-likeness (QED) is 0.248. The van der Waals surface area contributed by atoms with Crippen molar-refractivity contribution in [1.29, 1.82) is 0 Å². The van der Waals surface area contributed by atoms with Gasteiger partial charge in [-0.3, -0.25) is 14.4 Å². The Labute approximate surface area is 181 Å². The van der Waals surface area contributed by atoms with Crippen LogP contribution in [0.5, 0.6) is 0 Å². The molecule has 0 fully saturated rings. The second kappa shape index (κ2) is 9.43. The van der Waals surface area contributed by atoms with E-state index < -0.39 is 11.3 Å². The zero-order valence-electron chi connectivity index (χ0n) is 16.2. The number of carbonyl (C=O) groups is 2. The molecule has 2 N–H and O–H groups in total. The molecule has 0 aliphatic heterocycles. The Bertz CT molecular complexity index is 889. The molecule has 2 aromatic rings. The molecule has 152 valence electrons. The molecule has 8 heteroatoms. The Morgan fingerprint density at radius 2 is 2.00 bits per heavy atom. The lowest BCUT2D eigenvalue weighted by atomic mass is 9.88. The predicted octanol–water partition coefficient (Wildman–Crippen LogP) is 4.27. The van der Waals surface area contributed by atoms with Gasteiger partial charge in [0.15, 0.2) is 5.78 Å². The van der Waals surface area contributed by atoms with Crippen LogP contribution in [0.3, 0.4) is 0 Å². The number of amides is 1. The van der Waals surface area contributed by atoms with Crippen molar-refractivity contribution in [2.45, 2.75) is 34.1 Å². The van der Waals surface area contributed by atoms with Gasteiger partial charge in [-0.1, -0.05) is 26.8 Å². The minimum absolute atomic E-state index is 0.0518. The number of rotatable bonds is 7. The summed E-state index contributed by atoms with van der Waals surface area (Å²) in [5.41, 5.74) is 2.99. The third-order valence-electron chi connectivity index (χ3n) is 4.06. The van der Waals surface area contributed by atoms with E-state index in [0.717, 1.165) is 3.57 Å². The molecule has 1 heterocycles. The Kier molecular flexibility index (Phi) is 7.72. The van der Waals surface area contributed by atoms with Crippen LogP contribution >= 0.6 is 33.9 Å². The summed E-state index contributed by atoms with van der Waals surface area (Å²) < 4.78 is 15.1. The van der Waals surface area contributed by atoms with Crippen molar-refractivity contribution < 1.29 is 23.9 Å². The van der Waals surface area contributed by atoms with Gasteiger partial charge in [-0.15, -0.1) is 11.3 Å². The van der Waals surface area contributed by atoms with Crippen molar-refractivity contribution in [2.75, 3.05) is 13.2 Å². The SMILES string of the molecule is Cc1c(C(=O)C(C)(C)C)sc(Cc2ccc(I)cc2F)c1C(=O)NOCCO. The number of aliphatic hydroxyl groups is 1. The van der Waals surface area contributed by atoms with Gasteiger partial charge in [0.05, 0.1) is 23.7 Å². The van der Waals surface area contributed by atoms with E-state index in [9.17, 15) is 14.0 Å². The molecule has 0 radical (unpaired) electrons. The molecule has 2 rings (SSSR count). The van der Waals surface area contributed by atoms with E-state index in [1.165, 1.54) is 17.4 Å². The van der Waals surface area contributed by atoms with Crippen molar-refractivity contribution in [3.63, 3.8) is 0 Å². The summed E-state index contributed by atoms with van der Waals surface area (Å²) >= 11 is 3.25. The zero-order valence-corrected chi connectivity index (χ0v) is 19.2. The highest BCUT2D eigenvalue weighted by molar-refractivity contribution is 14.1. The lowest BCUT2D eigenvalue weighted by Gasteiger charge is -2.15. The Morgan fingerprint density at radius 3 is 2.57 bits per heavy atom. The third-order valence-corrected chi connectivity index (χ3v) is 6.02. The maximum atomic E-state index is 14.4. The number of carbonyl (C=O) groups excluding carboxylic acids is 2. The topological polar surface area (TPSA) is 75.6 Å². The first-order chi connectivity index (χ1) is 13.1. The highest BCUT2D eigenvalue weighted by atomic mass is 127. The summed E-state index contributed by atoms with van der Waals surface area (Å²) in [6.45, 7) is 6.87. The maximum Gasteiger partial charge on any atom is 0.276 e. The molecule has 0 aliphatic carbocycles. The molecule has 0 saturated heterocycles. The molecule has 0 unspecified atom stereocenters. The zero-order chi connectivity index (χ0) is 21.1. The first-order valence-electron chi connectivity index (χ1n) is 8.70. The molecular weight excluding hydrogens is 496 g/mol. The van der Waals surface area contributed by atoms with E-state index in [1.54, 1.807) is 19.1 Å². The van der Waals surface area contributed by atoms with Crippen LogP contribution < -0.4 is 5.48 Å². The normalized spacial score (nSPS) is 11.5. The van der Waals surface area contributed by atoms with Crippen molar-refractivity contribution >= 4 is 45.6 Å². The van der Waals surface area contributed by atoms with Crippen molar-refractivity contribution in [1.82, 2.24) is 5.48 Å². The average Bonchev–Trinajstić information content (AvgIpc) is 2.92. The Morgan fingerprint density at radius 1 is 1.32 bits per heavy atom. The Balaban J connectivity index is 2.49. The van der Waals surface area contributed by atoms with E-state index in [2.05, 4.69) is 5.48 Å². The molecule has 1 amide bonds. The fourth-order valence-electron chi connectivity index (χ4n) is 2.60. The van der Waals surface area contributed by atoms with Crippen molar-refractivity contribution in [3.05, 3.63) is 54.0 Å². The number of halogens is 2. The summed E-state index contributed by atoms with van der Waals surface area (Å²) in [5, 5.41) is 8.81. The summed E-state index contributed by atoms with van der Waals surface area (Å²) in [6, 6.07) is 4.91. The number of thiophene rings is 1. The number of aliphatic hydroxyl groups excluding tert-OH is 1. The first-order valence-corrected chi connectivity index (χ1v) is 10.6. The molecule has 0 bridgehead atoms. The molecule has 0 aliphatic rings. The number of Topliss-reactive ketones (excluding diaryl/α,β-unsaturated/α-hetero) is 1. The summed E-state index contributed by atoms with van der Waals surface area (Å²) in [5.74, 6) is -0.949. The van der Waals surface area contributed by atoms with Gasteiger partial charge < -0.3 is 5.11 Å². The molecule has 1 aromatic carbocycles. The number of hydrogen-bond donors (Lipinski definition) is 2. The molecule has 0 saturated carbocycles.